The molecular weight excluding hydrogens is 376 g/mol. The molecule has 0 atom stereocenters. The zero-order chi connectivity index (χ0) is 17.4. The Morgan fingerprint density at radius 2 is 1.88 bits per heavy atom. The molecule has 3 rings (SSSR count). The minimum Gasteiger partial charge on any atom is -0.508 e. The summed E-state index contributed by atoms with van der Waals surface area (Å²) in [5.74, 6) is 0.875. The number of methoxy groups -OCH3 is 2. The molecular formula is C18H15BrO5. The summed E-state index contributed by atoms with van der Waals surface area (Å²) in [6.45, 7) is 1.76. The van der Waals surface area contributed by atoms with E-state index in [4.69, 9.17) is 13.9 Å². The number of carbonyl (C=O) groups is 1. The van der Waals surface area contributed by atoms with E-state index in [1.165, 1.54) is 26.5 Å². The SMILES string of the molecule is COc1ccc(C(=O)c2coc3c(Br)c(C)c(O)cc23)cc1OC. The first-order chi connectivity index (χ1) is 11.5. The monoisotopic (exact) mass is 390 g/mol. The van der Waals surface area contributed by atoms with Crippen LogP contribution in [-0.4, -0.2) is 25.1 Å². The minimum absolute atomic E-state index is 0.0946. The molecule has 0 saturated heterocycles. The Labute approximate surface area is 146 Å². The normalized spacial score (nSPS) is 10.8. The Morgan fingerprint density at radius 3 is 2.54 bits per heavy atom. The quantitative estimate of drug-likeness (QED) is 0.666. The number of halogens is 1. The van der Waals surface area contributed by atoms with Crippen LogP contribution in [-0.2, 0) is 0 Å². The molecule has 0 bridgehead atoms. The first-order valence-corrected chi connectivity index (χ1v) is 7.93. The number of aromatic hydroxyl groups is 1. The second-order valence-corrected chi connectivity index (χ2v) is 6.05. The Bertz CT molecular complexity index is 942. The lowest BCUT2D eigenvalue weighted by molar-refractivity contribution is 0.103. The fourth-order valence-corrected chi connectivity index (χ4v) is 3.03. The molecule has 0 fully saturated rings. The third kappa shape index (κ3) is 2.53. The lowest BCUT2D eigenvalue weighted by atomic mass is 10.0. The van der Waals surface area contributed by atoms with Gasteiger partial charge in [-0.25, -0.2) is 0 Å². The van der Waals surface area contributed by atoms with Gasteiger partial charge >= 0.3 is 0 Å². The molecule has 0 spiro atoms. The van der Waals surface area contributed by atoms with Gasteiger partial charge in [0.05, 0.1) is 24.3 Å². The maximum Gasteiger partial charge on any atom is 0.197 e. The van der Waals surface area contributed by atoms with Crippen LogP contribution in [0.4, 0.5) is 0 Å². The molecule has 0 aliphatic heterocycles. The number of hydrogen-bond acceptors (Lipinski definition) is 5. The first-order valence-electron chi connectivity index (χ1n) is 7.14. The van der Waals surface area contributed by atoms with E-state index in [1.54, 1.807) is 25.1 Å². The number of rotatable bonds is 4. The van der Waals surface area contributed by atoms with Gasteiger partial charge in [0.15, 0.2) is 17.3 Å². The van der Waals surface area contributed by atoms with Crippen molar-refractivity contribution < 1.29 is 23.8 Å². The van der Waals surface area contributed by atoms with Crippen molar-refractivity contribution in [3.63, 3.8) is 0 Å². The number of ketones is 1. The van der Waals surface area contributed by atoms with Crippen molar-refractivity contribution in [3.8, 4) is 17.2 Å². The Kier molecular flexibility index (Phi) is 4.24. The minimum atomic E-state index is -0.232. The summed E-state index contributed by atoms with van der Waals surface area (Å²) >= 11 is 3.39. The third-order valence-electron chi connectivity index (χ3n) is 3.91. The van der Waals surface area contributed by atoms with E-state index in [0.717, 1.165) is 0 Å². The zero-order valence-electron chi connectivity index (χ0n) is 13.3. The Morgan fingerprint density at radius 1 is 1.17 bits per heavy atom. The van der Waals surface area contributed by atoms with Crippen LogP contribution >= 0.6 is 15.9 Å². The second-order valence-electron chi connectivity index (χ2n) is 5.26. The van der Waals surface area contributed by atoms with Crippen molar-refractivity contribution in [2.24, 2.45) is 0 Å². The summed E-state index contributed by atoms with van der Waals surface area (Å²) in [4.78, 5) is 12.8. The number of benzene rings is 2. The van der Waals surface area contributed by atoms with Gasteiger partial charge in [-0.05, 0) is 47.1 Å². The average molecular weight is 391 g/mol. The van der Waals surface area contributed by atoms with Crippen LogP contribution in [0.25, 0.3) is 11.0 Å². The third-order valence-corrected chi connectivity index (χ3v) is 4.87. The molecule has 0 radical (unpaired) electrons. The van der Waals surface area contributed by atoms with E-state index in [1.807, 2.05) is 0 Å². The number of fused-ring (bicyclic) bond motifs is 1. The average Bonchev–Trinajstić information content (AvgIpc) is 3.02. The molecule has 1 N–H and O–H groups in total. The van der Waals surface area contributed by atoms with Crippen molar-refractivity contribution >= 4 is 32.7 Å². The molecule has 5 nitrogen and oxygen atoms in total. The topological polar surface area (TPSA) is 68.9 Å². The molecule has 3 aromatic rings. The van der Waals surface area contributed by atoms with Gasteiger partial charge in [-0.15, -0.1) is 0 Å². The maximum atomic E-state index is 12.8. The van der Waals surface area contributed by atoms with Gasteiger partial charge in [-0.3, -0.25) is 4.79 Å². The van der Waals surface area contributed by atoms with E-state index in [0.29, 0.717) is 43.6 Å². The Hall–Kier alpha value is -2.47. The molecule has 0 aliphatic carbocycles. The van der Waals surface area contributed by atoms with Gasteiger partial charge in [-0.2, -0.15) is 0 Å². The van der Waals surface area contributed by atoms with Crippen LogP contribution in [0.2, 0.25) is 0 Å². The fourth-order valence-electron chi connectivity index (χ4n) is 2.52. The molecule has 1 heterocycles. The zero-order valence-corrected chi connectivity index (χ0v) is 14.9. The highest BCUT2D eigenvalue weighted by molar-refractivity contribution is 9.10. The van der Waals surface area contributed by atoms with Crippen molar-refractivity contribution in [1.82, 2.24) is 0 Å². The highest BCUT2D eigenvalue weighted by Gasteiger charge is 2.20. The lowest BCUT2D eigenvalue weighted by Gasteiger charge is -2.09. The summed E-state index contributed by atoms with van der Waals surface area (Å²) in [6.07, 6.45) is 1.40. The van der Waals surface area contributed by atoms with Crippen LogP contribution in [0.3, 0.4) is 0 Å². The molecule has 0 unspecified atom stereocenters. The molecule has 1 aromatic heterocycles. The summed E-state index contributed by atoms with van der Waals surface area (Å²) in [6, 6.07) is 6.48. The van der Waals surface area contributed by atoms with Crippen molar-refractivity contribution in [2.45, 2.75) is 6.92 Å². The largest absolute Gasteiger partial charge is 0.508 e. The van der Waals surface area contributed by atoms with Crippen LogP contribution in [0.5, 0.6) is 17.2 Å². The summed E-state index contributed by atoms with van der Waals surface area (Å²) in [7, 11) is 3.04. The van der Waals surface area contributed by atoms with Gasteiger partial charge < -0.3 is 19.0 Å². The molecule has 0 aliphatic rings. The van der Waals surface area contributed by atoms with Crippen molar-refractivity contribution in [2.75, 3.05) is 14.2 Å². The van der Waals surface area contributed by atoms with Crippen LogP contribution in [0, 0.1) is 6.92 Å². The number of ether oxygens (including phenoxy) is 2. The van der Waals surface area contributed by atoms with E-state index in [-0.39, 0.29) is 11.5 Å². The number of hydrogen-bond donors (Lipinski definition) is 1. The maximum absolute atomic E-state index is 12.8. The van der Waals surface area contributed by atoms with E-state index in [9.17, 15) is 9.90 Å². The predicted octanol–water partition coefficient (Wildman–Crippen LogP) is 4.46. The second kappa shape index (κ2) is 6.20. The molecule has 0 saturated carbocycles. The first kappa shape index (κ1) is 16.4. The summed E-state index contributed by atoms with van der Waals surface area (Å²) < 4.78 is 16.6. The van der Waals surface area contributed by atoms with E-state index in [2.05, 4.69) is 15.9 Å². The van der Waals surface area contributed by atoms with Crippen LogP contribution in [0.15, 0.2) is 39.4 Å². The van der Waals surface area contributed by atoms with Crippen molar-refractivity contribution in [1.29, 1.82) is 0 Å². The van der Waals surface area contributed by atoms with Crippen LogP contribution < -0.4 is 9.47 Å². The fraction of sp³-hybridized carbons (Fsp3) is 0.167. The van der Waals surface area contributed by atoms with Gasteiger partial charge in [0, 0.05) is 16.5 Å². The molecule has 124 valence electrons. The Balaban J connectivity index is 2.13. The standard InChI is InChI=1S/C18H15BrO5/c1-9-13(20)7-11-12(8-24-18(11)16(9)19)17(21)10-4-5-14(22-2)15(6-10)23-3/h4-8,20H,1-3H3. The lowest BCUT2D eigenvalue weighted by Crippen LogP contribution is -2.02. The molecule has 6 heteroatoms. The number of carbonyl (C=O) groups excluding carboxylic acids is 1. The van der Waals surface area contributed by atoms with Crippen LogP contribution in [0.1, 0.15) is 21.5 Å². The van der Waals surface area contributed by atoms with Gasteiger partial charge in [-0.1, -0.05) is 0 Å². The van der Waals surface area contributed by atoms with Gasteiger partial charge in [0.2, 0.25) is 0 Å². The highest BCUT2D eigenvalue weighted by Crippen LogP contribution is 2.37. The van der Waals surface area contributed by atoms with E-state index >= 15 is 0 Å². The smallest absolute Gasteiger partial charge is 0.197 e. The molecule has 24 heavy (non-hydrogen) atoms. The van der Waals surface area contributed by atoms with Gasteiger partial charge in [0.1, 0.15) is 17.6 Å². The number of phenols is 1. The molecule has 0 amide bonds. The highest BCUT2D eigenvalue weighted by atomic mass is 79.9. The number of furan rings is 1. The van der Waals surface area contributed by atoms with E-state index < -0.39 is 0 Å². The predicted molar refractivity (Wildman–Crippen MR) is 93.3 cm³/mol. The molecule has 2 aromatic carbocycles. The number of phenolic OH excluding ortho intramolecular Hbond substituents is 1. The summed E-state index contributed by atoms with van der Waals surface area (Å²) in [5.41, 5.74) is 1.98. The van der Waals surface area contributed by atoms with Gasteiger partial charge in [0.25, 0.3) is 0 Å². The van der Waals surface area contributed by atoms with Crippen molar-refractivity contribution in [3.05, 3.63) is 51.7 Å². The summed E-state index contributed by atoms with van der Waals surface area (Å²) in [5, 5.41) is 10.6.